The van der Waals surface area contributed by atoms with E-state index in [4.69, 9.17) is 4.74 Å². The Morgan fingerprint density at radius 2 is 1.80 bits per heavy atom. The number of amides is 2. The molecule has 0 atom stereocenters. The molecule has 2 aromatic rings. The number of ether oxygens (including phenoxy) is 1. The molecule has 3 rings (SSSR count). The van der Waals surface area contributed by atoms with Crippen molar-refractivity contribution in [3.63, 3.8) is 0 Å². The average molecular weight is 339 g/mol. The molecule has 0 aliphatic carbocycles. The predicted octanol–water partition coefficient (Wildman–Crippen LogP) is 2.22. The number of anilines is 1. The van der Waals surface area contributed by atoms with E-state index in [-0.39, 0.29) is 11.8 Å². The minimum absolute atomic E-state index is 0.117. The summed E-state index contributed by atoms with van der Waals surface area (Å²) in [6.07, 6.45) is 3.01. The maximum atomic E-state index is 12.9. The van der Waals surface area contributed by atoms with Crippen LogP contribution in [0.4, 0.5) is 5.69 Å². The van der Waals surface area contributed by atoms with Crippen molar-refractivity contribution in [2.75, 3.05) is 37.7 Å². The molecule has 1 aromatic heterocycles. The van der Waals surface area contributed by atoms with Gasteiger partial charge in [0.05, 0.1) is 24.3 Å². The number of aromatic nitrogens is 1. The largest absolute Gasteiger partial charge is 0.378 e. The van der Waals surface area contributed by atoms with Gasteiger partial charge in [0, 0.05) is 37.7 Å². The van der Waals surface area contributed by atoms with E-state index < -0.39 is 0 Å². The Labute approximate surface area is 147 Å². The SMILES string of the molecule is CCN(C(=O)c1cncc(C(=O)N2CCOCC2)c1)c1ccccc1. The highest BCUT2D eigenvalue weighted by atomic mass is 16.5. The Morgan fingerprint density at radius 1 is 1.12 bits per heavy atom. The van der Waals surface area contributed by atoms with Crippen LogP contribution in [-0.2, 0) is 4.74 Å². The van der Waals surface area contributed by atoms with Gasteiger partial charge in [0.2, 0.25) is 0 Å². The zero-order valence-electron chi connectivity index (χ0n) is 14.2. The van der Waals surface area contributed by atoms with Gasteiger partial charge in [-0.2, -0.15) is 0 Å². The van der Waals surface area contributed by atoms with Crippen molar-refractivity contribution in [1.82, 2.24) is 9.88 Å². The summed E-state index contributed by atoms with van der Waals surface area (Å²) in [4.78, 5) is 33.0. The van der Waals surface area contributed by atoms with Crippen molar-refractivity contribution in [1.29, 1.82) is 0 Å². The van der Waals surface area contributed by atoms with Gasteiger partial charge < -0.3 is 14.5 Å². The second-order valence-electron chi connectivity index (χ2n) is 5.75. The van der Waals surface area contributed by atoms with Crippen LogP contribution in [0.15, 0.2) is 48.8 Å². The van der Waals surface area contributed by atoms with Crippen molar-refractivity contribution in [3.05, 3.63) is 59.9 Å². The molecule has 0 bridgehead atoms. The van der Waals surface area contributed by atoms with Gasteiger partial charge in [-0.3, -0.25) is 14.6 Å². The van der Waals surface area contributed by atoms with E-state index in [0.29, 0.717) is 44.0 Å². The third-order valence-electron chi connectivity index (χ3n) is 4.16. The van der Waals surface area contributed by atoms with Gasteiger partial charge in [-0.15, -0.1) is 0 Å². The Hall–Kier alpha value is -2.73. The van der Waals surface area contributed by atoms with E-state index in [1.807, 2.05) is 37.3 Å². The Bertz CT molecular complexity index is 743. The highest BCUT2D eigenvalue weighted by Crippen LogP contribution is 2.17. The number of benzene rings is 1. The van der Waals surface area contributed by atoms with Crippen LogP contribution < -0.4 is 4.90 Å². The molecule has 6 nitrogen and oxygen atoms in total. The van der Waals surface area contributed by atoms with E-state index in [0.717, 1.165) is 5.69 Å². The Balaban J connectivity index is 1.82. The number of hydrogen-bond acceptors (Lipinski definition) is 4. The summed E-state index contributed by atoms with van der Waals surface area (Å²) in [6, 6.07) is 11.1. The van der Waals surface area contributed by atoms with Crippen LogP contribution in [0, 0.1) is 0 Å². The molecule has 2 heterocycles. The van der Waals surface area contributed by atoms with E-state index in [9.17, 15) is 9.59 Å². The molecule has 1 saturated heterocycles. The lowest BCUT2D eigenvalue weighted by Crippen LogP contribution is -2.40. The quantitative estimate of drug-likeness (QED) is 0.857. The zero-order valence-corrected chi connectivity index (χ0v) is 14.2. The van der Waals surface area contributed by atoms with Crippen LogP contribution in [0.2, 0.25) is 0 Å². The summed E-state index contributed by atoms with van der Waals surface area (Å²) in [5, 5.41) is 0. The number of nitrogens with zero attached hydrogens (tertiary/aromatic N) is 3. The summed E-state index contributed by atoms with van der Waals surface area (Å²) >= 11 is 0. The van der Waals surface area contributed by atoms with Gasteiger partial charge in [0.25, 0.3) is 11.8 Å². The molecule has 1 aromatic carbocycles. The van der Waals surface area contributed by atoms with Crippen LogP contribution in [0.25, 0.3) is 0 Å². The van der Waals surface area contributed by atoms with E-state index in [1.165, 1.54) is 12.4 Å². The number of morpholine rings is 1. The molecule has 0 unspecified atom stereocenters. The highest BCUT2D eigenvalue weighted by molar-refractivity contribution is 6.07. The first-order chi connectivity index (χ1) is 12.2. The van der Waals surface area contributed by atoms with Crippen LogP contribution in [0.5, 0.6) is 0 Å². The Kier molecular flexibility index (Phi) is 5.40. The second kappa shape index (κ2) is 7.90. The fourth-order valence-corrected chi connectivity index (χ4v) is 2.83. The smallest absolute Gasteiger partial charge is 0.259 e. The maximum Gasteiger partial charge on any atom is 0.259 e. The van der Waals surface area contributed by atoms with Gasteiger partial charge in [-0.1, -0.05) is 18.2 Å². The van der Waals surface area contributed by atoms with Gasteiger partial charge in [-0.05, 0) is 25.1 Å². The van der Waals surface area contributed by atoms with Crippen LogP contribution in [0.3, 0.4) is 0 Å². The van der Waals surface area contributed by atoms with Crippen molar-refractivity contribution < 1.29 is 14.3 Å². The van der Waals surface area contributed by atoms with Crippen LogP contribution >= 0.6 is 0 Å². The number of para-hydroxylation sites is 1. The standard InChI is InChI=1S/C19H21N3O3/c1-2-22(17-6-4-3-5-7-17)19(24)16-12-15(13-20-14-16)18(23)21-8-10-25-11-9-21/h3-7,12-14H,2,8-11H2,1H3. The third-order valence-corrected chi connectivity index (χ3v) is 4.16. The first kappa shape index (κ1) is 17.1. The summed E-state index contributed by atoms with van der Waals surface area (Å²) in [5.41, 5.74) is 1.65. The van der Waals surface area contributed by atoms with Crippen molar-refractivity contribution in [2.45, 2.75) is 6.92 Å². The molecule has 130 valence electrons. The molecule has 1 aliphatic rings. The molecule has 1 fully saturated rings. The lowest BCUT2D eigenvalue weighted by molar-refractivity contribution is 0.0302. The molecule has 1 aliphatic heterocycles. The first-order valence-electron chi connectivity index (χ1n) is 8.39. The van der Waals surface area contributed by atoms with Crippen LogP contribution in [-0.4, -0.2) is 54.5 Å². The summed E-state index contributed by atoms with van der Waals surface area (Å²) in [6.45, 7) is 4.64. The summed E-state index contributed by atoms with van der Waals surface area (Å²) < 4.78 is 5.27. The minimum Gasteiger partial charge on any atom is -0.378 e. The van der Waals surface area contributed by atoms with Crippen molar-refractivity contribution >= 4 is 17.5 Å². The van der Waals surface area contributed by atoms with Crippen LogP contribution in [0.1, 0.15) is 27.6 Å². The maximum absolute atomic E-state index is 12.9. The topological polar surface area (TPSA) is 62.7 Å². The van der Waals surface area contributed by atoms with Gasteiger partial charge in [0.1, 0.15) is 0 Å². The number of hydrogen-bond donors (Lipinski definition) is 0. The fraction of sp³-hybridized carbons (Fsp3) is 0.316. The van der Waals surface area contributed by atoms with E-state index in [1.54, 1.807) is 15.9 Å². The van der Waals surface area contributed by atoms with Gasteiger partial charge >= 0.3 is 0 Å². The second-order valence-corrected chi connectivity index (χ2v) is 5.75. The average Bonchev–Trinajstić information content (AvgIpc) is 2.69. The summed E-state index contributed by atoms with van der Waals surface area (Å²) in [5.74, 6) is -0.286. The molecular weight excluding hydrogens is 318 g/mol. The number of carbonyl (C=O) groups excluding carboxylic acids is 2. The molecule has 0 radical (unpaired) electrons. The Morgan fingerprint density at radius 3 is 2.48 bits per heavy atom. The third kappa shape index (κ3) is 3.85. The highest BCUT2D eigenvalue weighted by Gasteiger charge is 2.21. The molecule has 0 saturated carbocycles. The number of carbonyl (C=O) groups is 2. The molecule has 2 amide bonds. The normalized spacial score (nSPS) is 14.2. The van der Waals surface area contributed by atoms with Gasteiger partial charge in [0.15, 0.2) is 0 Å². The summed E-state index contributed by atoms with van der Waals surface area (Å²) in [7, 11) is 0. The molecule has 0 N–H and O–H groups in total. The zero-order chi connectivity index (χ0) is 17.6. The van der Waals surface area contributed by atoms with Crippen molar-refractivity contribution in [3.8, 4) is 0 Å². The molecule has 25 heavy (non-hydrogen) atoms. The monoisotopic (exact) mass is 339 g/mol. The van der Waals surface area contributed by atoms with E-state index in [2.05, 4.69) is 4.98 Å². The predicted molar refractivity (Wildman–Crippen MR) is 94.8 cm³/mol. The van der Waals surface area contributed by atoms with Gasteiger partial charge in [-0.25, -0.2) is 0 Å². The minimum atomic E-state index is -0.169. The molecule has 6 heteroatoms. The molecule has 0 spiro atoms. The first-order valence-corrected chi connectivity index (χ1v) is 8.39. The molecular formula is C19H21N3O3. The number of rotatable bonds is 4. The fourth-order valence-electron chi connectivity index (χ4n) is 2.83. The van der Waals surface area contributed by atoms with E-state index >= 15 is 0 Å². The lowest BCUT2D eigenvalue weighted by atomic mass is 10.1. The lowest BCUT2D eigenvalue weighted by Gasteiger charge is -2.27. The number of pyridine rings is 1. The van der Waals surface area contributed by atoms with Crippen molar-refractivity contribution in [2.24, 2.45) is 0 Å².